The number of nitrogens with zero attached hydrogens (tertiary/aromatic N) is 1. The van der Waals surface area contributed by atoms with E-state index in [1.54, 1.807) is 30.5 Å². The molecule has 3 aromatic carbocycles. The van der Waals surface area contributed by atoms with Gasteiger partial charge in [-0.1, -0.05) is 30.9 Å². The number of fused-ring (bicyclic) bond motifs is 1. The molecular formula is C28H22F3NO. The Hall–Kier alpha value is -3.78. The number of benzene rings is 3. The summed E-state index contributed by atoms with van der Waals surface area (Å²) in [5.74, 6) is 4.27. The molecule has 2 nitrogen and oxygen atoms in total. The van der Waals surface area contributed by atoms with Gasteiger partial charge in [-0.3, -0.25) is 4.98 Å². The van der Waals surface area contributed by atoms with Crippen molar-refractivity contribution in [2.45, 2.75) is 26.2 Å². The van der Waals surface area contributed by atoms with E-state index in [0.29, 0.717) is 35.8 Å². The van der Waals surface area contributed by atoms with Crippen molar-refractivity contribution >= 4 is 10.8 Å². The fourth-order valence-electron chi connectivity index (χ4n) is 3.41. The van der Waals surface area contributed by atoms with E-state index in [9.17, 15) is 13.2 Å². The molecule has 0 radical (unpaired) electrons. The van der Waals surface area contributed by atoms with E-state index in [2.05, 4.69) is 16.8 Å². The van der Waals surface area contributed by atoms with E-state index < -0.39 is 17.5 Å². The van der Waals surface area contributed by atoms with Crippen LogP contribution in [0.5, 0.6) is 5.75 Å². The highest BCUT2D eigenvalue weighted by Gasteiger charge is 2.06. The minimum absolute atomic E-state index is 0.277. The third-order valence-corrected chi connectivity index (χ3v) is 5.19. The summed E-state index contributed by atoms with van der Waals surface area (Å²) in [6, 6.07) is 16.1. The molecular weight excluding hydrogens is 423 g/mol. The quantitative estimate of drug-likeness (QED) is 0.311. The zero-order valence-corrected chi connectivity index (χ0v) is 18.2. The van der Waals surface area contributed by atoms with Gasteiger partial charge in [0.05, 0.1) is 18.4 Å². The predicted octanol–water partition coefficient (Wildman–Crippen LogP) is 6.63. The van der Waals surface area contributed by atoms with Crippen LogP contribution >= 0.6 is 0 Å². The summed E-state index contributed by atoms with van der Waals surface area (Å²) >= 11 is 0. The SMILES string of the molecule is CCCOc1ccc(CCc2ccc(C#Cc3ccc4cc(F)c(F)cc4c3)c(F)c2)nc1. The highest BCUT2D eigenvalue weighted by Crippen LogP contribution is 2.20. The van der Waals surface area contributed by atoms with Gasteiger partial charge in [-0.05, 0) is 84.1 Å². The van der Waals surface area contributed by atoms with Crippen LogP contribution < -0.4 is 4.74 Å². The molecule has 0 bridgehead atoms. The molecule has 166 valence electrons. The number of ether oxygens (including phenoxy) is 1. The van der Waals surface area contributed by atoms with E-state index in [0.717, 1.165) is 35.6 Å². The zero-order chi connectivity index (χ0) is 23.2. The number of hydrogen-bond acceptors (Lipinski definition) is 2. The third-order valence-electron chi connectivity index (χ3n) is 5.19. The van der Waals surface area contributed by atoms with Gasteiger partial charge in [0.15, 0.2) is 11.6 Å². The van der Waals surface area contributed by atoms with Crippen LogP contribution in [0, 0.1) is 29.3 Å². The van der Waals surface area contributed by atoms with Gasteiger partial charge >= 0.3 is 0 Å². The van der Waals surface area contributed by atoms with Gasteiger partial charge in [0.25, 0.3) is 0 Å². The molecule has 0 saturated heterocycles. The molecule has 0 aliphatic rings. The topological polar surface area (TPSA) is 22.1 Å². The molecule has 0 N–H and O–H groups in total. The summed E-state index contributed by atoms with van der Waals surface area (Å²) in [4.78, 5) is 4.40. The van der Waals surface area contributed by atoms with Crippen molar-refractivity contribution in [3.63, 3.8) is 0 Å². The minimum atomic E-state index is -0.912. The number of hydrogen-bond donors (Lipinski definition) is 0. The van der Waals surface area contributed by atoms with Crippen molar-refractivity contribution in [1.82, 2.24) is 4.98 Å². The van der Waals surface area contributed by atoms with Gasteiger partial charge in [0.1, 0.15) is 11.6 Å². The van der Waals surface area contributed by atoms with Crippen molar-refractivity contribution in [3.8, 4) is 17.6 Å². The van der Waals surface area contributed by atoms with E-state index in [4.69, 9.17) is 4.74 Å². The smallest absolute Gasteiger partial charge is 0.159 e. The van der Waals surface area contributed by atoms with Crippen molar-refractivity contribution in [2.24, 2.45) is 0 Å². The van der Waals surface area contributed by atoms with Gasteiger partial charge in [-0.15, -0.1) is 0 Å². The molecule has 5 heteroatoms. The van der Waals surface area contributed by atoms with Crippen LogP contribution in [0.1, 0.15) is 35.7 Å². The maximum absolute atomic E-state index is 14.6. The van der Waals surface area contributed by atoms with E-state index in [1.807, 2.05) is 25.1 Å². The number of pyridine rings is 1. The molecule has 0 aliphatic heterocycles. The van der Waals surface area contributed by atoms with E-state index in [1.165, 1.54) is 6.07 Å². The predicted molar refractivity (Wildman–Crippen MR) is 124 cm³/mol. The van der Waals surface area contributed by atoms with Gasteiger partial charge < -0.3 is 4.74 Å². The summed E-state index contributed by atoms with van der Waals surface area (Å²) in [5.41, 5.74) is 2.64. The molecule has 0 amide bonds. The van der Waals surface area contributed by atoms with Crippen molar-refractivity contribution < 1.29 is 17.9 Å². The maximum atomic E-state index is 14.6. The molecule has 0 spiro atoms. The monoisotopic (exact) mass is 445 g/mol. The Morgan fingerprint density at radius 2 is 1.61 bits per heavy atom. The van der Waals surface area contributed by atoms with Gasteiger partial charge in [0.2, 0.25) is 0 Å². The van der Waals surface area contributed by atoms with Crippen LogP contribution in [-0.4, -0.2) is 11.6 Å². The molecule has 1 heterocycles. The van der Waals surface area contributed by atoms with Gasteiger partial charge in [-0.2, -0.15) is 0 Å². The second-order valence-electron chi connectivity index (χ2n) is 7.73. The lowest BCUT2D eigenvalue weighted by molar-refractivity contribution is 0.316. The standard InChI is InChI=1S/C28H22F3NO/c1-2-13-33-25-12-11-24(32-18-25)10-6-20-4-8-21(26(29)15-20)7-3-19-5-9-22-16-27(30)28(31)17-23(22)14-19/h4-5,8-9,11-12,14-18H,2,6,10,13H2,1H3. The first-order chi connectivity index (χ1) is 16.0. The average molecular weight is 445 g/mol. The summed E-state index contributed by atoms with van der Waals surface area (Å²) in [6.07, 6.45) is 3.99. The maximum Gasteiger partial charge on any atom is 0.159 e. The van der Waals surface area contributed by atoms with Crippen LogP contribution in [-0.2, 0) is 12.8 Å². The molecule has 0 unspecified atom stereocenters. The van der Waals surface area contributed by atoms with Gasteiger partial charge in [0, 0.05) is 11.3 Å². The Bertz CT molecular complexity index is 1340. The number of rotatable bonds is 6. The molecule has 0 fully saturated rings. The summed E-state index contributed by atoms with van der Waals surface area (Å²) in [7, 11) is 0. The van der Waals surface area contributed by atoms with Crippen LogP contribution in [0.25, 0.3) is 10.8 Å². The fourth-order valence-corrected chi connectivity index (χ4v) is 3.41. The zero-order valence-electron chi connectivity index (χ0n) is 18.2. The molecule has 33 heavy (non-hydrogen) atoms. The van der Waals surface area contributed by atoms with Crippen LogP contribution in [0.15, 0.2) is 66.9 Å². The lowest BCUT2D eigenvalue weighted by Crippen LogP contribution is -1.98. The Morgan fingerprint density at radius 3 is 2.33 bits per heavy atom. The summed E-state index contributed by atoms with van der Waals surface area (Å²) in [6.45, 7) is 2.71. The van der Waals surface area contributed by atoms with Crippen LogP contribution in [0.3, 0.4) is 0 Å². The van der Waals surface area contributed by atoms with Crippen molar-refractivity contribution in [1.29, 1.82) is 0 Å². The Morgan fingerprint density at radius 1 is 0.788 bits per heavy atom. The number of aryl methyl sites for hydroxylation is 2. The minimum Gasteiger partial charge on any atom is -0.492 e. The largest absolute Gasteiger partial charge is 0.492 e. The molecule has 0 aliphatic carbocycles. The second kappa shape index (κ2) is 10.2. The van der Waals surface area contributed by atoms with Gasteiger partial charge in [-0.25, -0.2) is 13.2 Å². The number of aromatic nitrogens is 1. The molecule has 0 saturated carbocycles. The normalized spacial score (nSPS) is 10.7. The summed E-state index contributed by atoms with van der Waals surface area (Å²) < 4.78 is 46.9. The average Bonchev–Trinajstić information content (AvgIpc) is 2.82. The Labute approximate surface area is 191 Å². The second-order valence-corrected chi connectivity index (χ2v) is 7.73. The third kappa shape index (κ3) is 5.72. The van der Waals surface area contributed by atoms with Crippen LogP contribution in [0.4, 0.5) is 13.2 Å². The van der Waals surface area contributed by atoms with Crippen LogP contribution in [0.2, 0.25) is 0 Å². The first-order valence-electron chi connectivity index (χ1n) is 10.8. The number of halogens is 3. The van der Waals surface area contributed by atoms with Crippen molar-refractivity contribution in [2.75, 3.05) is 6.61 Å². The first kappa shape index (κ1) is 22.4. The molecule has 1 aromatic heterocycles. The lowest BCUT2D eigenvalue weighted by atomic mass is 10.0. The first-order valence-corrected chi connectivity index (χ1v) is 10.8. The molecule has 0 atom stereocenters. The van der Waals surface area contributed by atoms with Crippen molar-refractivity contribution in [3.05, 3.63) is 107 Å². The fraction of sp³-hybridized carbons (Fsp3) is 0.179. The Kier molecular flexibility index (Phi) is 6.95. The lowest BCUT2D eigenvalue weighted by Gasteiger charge is -2.06. The highest BCUT2D eigenvalue weighted by molar-refractivity contribution is 5.84. The molecule has 4 aromatic rings. The van der Waals surface area contributed by atoms with E-state index in [-0.39, 0.29) is 5.56 Å². The van der Waals surface area contributed by atoms with E-state index >= 15 is 0 Å². The Balaban J connectivity index is 1.42. The highest BCUT2D eigenvalue weighted by atomic mass is 19.2. The molecule has 4 rings (SSSR count). The summed E-state index contributed by atoms with van der Waals surface area (Å²) in [5, 5.41) is 1.11.